The molecule has 0 aromatic carbocycles. The molecule has 0 aliphatic carbocycles. The second kappa shape index (κ2) is 7.59. The summed E-state index contributed by atoms with van der Waals surface area (Å²) in [4.78, 5) is 0. The van der Waals surface area contributed by atoms with Gasteiger partial charge in [-0.15, -0.1) is 0 Å². The molecule has 0 aliphatic heterocycles. The van der Waals surface area contributed by atoms with Gasteiger partial charge in [0.2, 0.25) is 0 Å². The van der Waals surface area contributed by atoms with Crippen LogP contribution in [0.2, 0.25) is 0 Å². The molecule has 0 heterocycles. The van der Waals surface area contributed by atoms with E-state index >= 15 is 0 Å². The molecule has 0 N–H and O–H groups in total. The first kappa shape index (κ1) is 19.6. The highest BCUT2D eigenvalue weighted by Gasteiger charge is 2.70. The summed E-state index contributed by atoms with van der Waals surface area (Å²) in [5.41, 5.74) is 0. The molecule has 11 heteroatoms. The summed E-state index contributed by atoms with van der Waals surface area (Å²) in [7, 11) is -4.68. The van der Waals surface area contributed by atoms with Crippen LogP contribution in [0.5, 0.6) is 0 Å². The normalized spacial score (nSPS) is 16.5. The lowest BCUT2D eigenvalue weighted by molar-refractivity contribution is -0.358. The Balaban J connectivity index is 5.47. The summed E-state index contributed by atoms with van der Waals surface area (Å²) < 4.78 is 94.1. The Morgan fingerprint density at radius 1 is 0.850 bits per heavy atom. The van der Waals surface area contributed by atoms with E-state index in [1.807, 2.05) is 0 Å². The molecule has 0 aromatic heterocycles. The minimum Gasteiger partial charge on any atom is -0.351 e. The van der Waals surface area contributed by atoms with Gasteiger partial charge in [-0.25, -0.2) is 8.78 Å². The van der Waals surface area contributed by atoms with Crippen LogP contribution in [0.1, 0.15) is 20.8 Å². The van der Waals surface area contributed by atoms with E-state index in [-0.39, 0.29) is 19.8 Å². The minimum absolute atomic E-state index is 0.261. The zero-order valence-corrected chi connectivity index (χ0v) is 12.1. The van der Waals surface area contributed by atoms with Gasteiger partial charge >= 0.3 is 27.5 Å². The molecule has 1 atom stereocenters. The van der Waals surface area contributed by atoms with Crippen molar-refractivity contribution in [3.8, 4) is 0 Å². The van der Waals surface area contributed by atoms with E-state index in [1.165, 1.54) is 20.8 Å². The molecule has 0 saturated carbocycles. The first-order valence-corrected chi connectivity index (χ1v) is 7.37. The highest BCUT2D eigenvalue weighted by molar-refractivity contribution is 6.53. The average Bonchev–Trinajstić information content (AvgIpc) is 2.28. The summed E-state index contributed by atoms with van der Waals surface area (Å²) in [6.07, 6.45) is -10.4. The van der Waals surface area contributed by atoms with Gasteiger partial charge in [0.25, 0.3) is 0 Å². The molecule has 0 saturated heterocycles. The van der Waals surface area contributed by atoms with Gasteiger partial charge in [-0.2, -0.15) is 17.6 Å². The summed E-state index contributed by atoms with van der Waals surface area (Å²) in [5.74, 6) is -5.22. The van der Waals surface area contributed by atoms with Crippen LogP contribution in [0.15, 0.2) is 0 Å². The van der Waals surface area contributed by atoms with E-state index in [0.29, 0.717) is 0 Å². The van der Waals surface area contributed by atoms with E-state index in [1.54, 1.807) is 0 Å². The van der Waals surface area contributed by atoms with Crippen molar-refractivity contribution in [3.05, 3.63) is 0 Å². The predicted molar refractivity (Wildman–Crippen MR) is 57.6 cm³/mol. The Kier molecular flexibility index (Phi) is 7.45. The SMILES string of the molecule is CCO[Si](OCC)(OCC)OC(F)(C(F)F)C(F)(F)F. The Morgan fingerprint density at radius 2 is 1.20 bits per heavy atom. The molecule has 1 unspecified atom stereocenters. The minimum atomic E-state index is -5.97. The van der Waals surface area contributed by atoms with Gasteiger partial charge in [0.1, 0.15) is 0 Å². The first-order chi connectivity index (χ1) is 9.08. The fourth-order valence-corrected chi connectivity index (χ4v) is 3.21. The monoisotopic (exact) mass is 330 g/mol. The lowest BCUT2D eigenvalue weighted by atomic mass is 10.3. The van der Waals surface area contributed by atoms with E-state index < -0.39 is 27.5 Å². The molecule has 0 aromatic rings. The predicted octanol–water partition coefficient (Wildman–Crippen LogP) is 3.04. The maximum atomic E-state index is 13.6. The Labute approximate surface area is 113 Å². The highest BCUT2D eigenvalue weighted by atomic mass is 28.4. The summed E-state index contributed by atoms with van der Waals surface area (Å²) in [6, 6.07) is 0. The van der Waals surface area contributed by atoms with Crippen LogP contribution < -0.4 is 0 Å². The molecule has 0 radical (unpaired) electrons. The molecule has 0 bridgehead atoms. The Morgan fingerprint density at radius 3 is 1.40 bits per heavy atom. The Bertz CT molecular complexity index is 273. The molecule has 122 valence electrons. The first-order valence-electron chi connectivity index (χ1n) is 5.74. The van der Waals surface area contributed by atoms with Crippen LogP contribution in [-0.2, 0) is 17.7 Å². The number of hydrogen-bond donors (Lipinski definition) is 0. The number of halogens is 6. The fourth-order valence-electron chi connectivity index (χ4n) is 1.15. The molecule has 0 fully saturated rings. The molecule has 0 aliphatic rings. The molecule has 0 amide bonds. The summed E-state index contributed by atoms with van der Waals surface area (Å²) >= 11 is 0. The summed E-state index contributed by atoms with van der Waals surface area (Å²) in [5, 5.41) is 0. The average molecular weight is 330 g/mol. The maximum Gasteiger partial charge on any atom is 0.682 e. The molecule has 4 nitrogen and oxygen atoms in total. The third-order valence-electron chi connectivity index (χ3n) is 1.90. The molecule has 20 heavy (non-hydrogen) atoms. The number of hydrogen-bond acceptors (Lipinski definition) is 4. The van der Waals surface area contributed by atoms with Gasteiger partial charge in [0.05, 0.1) is 0 Å². The zero-order valence-electron chi connectivity index (χ0n) is 11.1. The number of rotatable bonds is 9. The van der Waals surface area contributed by atoms with Crippen LogP contribution in [0.25, 0.3) is 0 Å². The standard InChI is InChI=1S/C9H16F6O4Si/c1-4-16-20(17-5-2,18-6-3)19-8(12,7(10)11)9(13,14)15/h7H,4-6H2,1-3H3. The van der Waals surface area contributed by atoms with Gasteiger partial charge in [0, 0.05) is 19.8 Å². The zero-order chi connectivity index (χ0) is 16.0. The molecule has 0 rings (SSSR count). The molecular weight excluding hydrogens is 314 g/mol. The van der Waals surface area contributed by atoms with Gasteiger partial charge in [-0.3, -0.25) is 0 Å². The Hall–Kier alpha value is -0.363. The lowest BCUT2D eigenvalue weighted by Gasteiger charge is -2.34. The van der Waals surface area contributed by atoms with Crippen molar-refractivity contribution in [2.45, 2.75) is 39.2 Å². The van der Waals surface area contributed by atoms with Crippen LogP contribution in [0.4, 0.5) is 26.3 Å². The largest absolute Gasteiger partial charge is 0.682 e. The van der Waals surface area contributed by atoms with Crippen molar-refractivity contribution in [2.24, 2.45) is 0 Å². The number of alkyl halides is 6. The van der Waals surface area contributed by atoms with E-state index in [2.05, 4.69) is 4.43 Å². The van der Waals surface area contributed by atoms with E-state index in [0.717, 1.165) is 0 Å². The topological polar surface area (TPSA) is 36.9 Å². The van der Waals surface area contributed by atoms with Gasteiger partial charge in [-0.05, 0) is 20.8 Å². The van der Waals surface area contributed by atoms with Gasteiger partial charge in [-0.1, -0.05) is 0 Å². The van der Waals surface area contributed by atoms with Crippen molar-refractivity contribution in [3.63, 3.8) is 0 Å². The van der Waals surface area contributed by atoms with E-state index in [9.17, 15) is 26.3 Å². The molecule has 0 spiro atoms. The quantitative estimate of drug-likeness (QED) is 0.481. The lowest BCUT2D eigenvalue weighted by Crippen LogP contribution is -2.61. The van der Waals surface area contributed by atoms with Crippen LogP contribution in [-0.4, -0.2) is 47.3 Å². The van der Waals surface area contributed by atoms with Crippen LogP contribution in [0, 0.1) is 0 Å². The van der Waals surface area contributed by atoms with Crippen LogP contribution >= 0.6 is 0 Å². The van der Waals surface area contributed by atoms with Crippen molar-refractivity contribution in [2.75, 3.05) is 19.8 Å². The van der Waals surface area contributed by atoms with Crippen molar-refractivity contribution in [1.29, 1.82) is 0 Å². The van der Waals surface area contributed by atoms with Crippen molar-refractivity contribution in [1.82, 2.24) is 0 Å². The molecular formula is C9H16F6O4Si. The second-order valence-electron chi connectivity index (χ2n) is 3.34. The van der Waals surface area contributed by atoms with Crippen molar-refractivity contribution >= 4 is 9.05 Å². The fraction of sp³-hybridized carbons (Fsp3) is 1.00. The van der Waals surface area contributed by atoms with E-state index in [4.69, 9.17) is 13.3 Å². The third kappa shape index (κ3) is 4.58. The van der Waals surface area contributed by atoms with Gasteiger partial charge in [0.15, 0.2) is 0 Å². The second-order valence-corrected chi connectivity index (χ2v) is 5.41. The van der Waals surface area contributed by atoms with Crippen molar-refractivity contribution < 1.29 is 44.0 Å². The van der Waals surface area contributed by atoms with Gasteiger partial charge < -0.3 is 17.7 Å². The summed E-state index contributed by atoms with van der Waals surface area (Å²) in [6.45, 7) is 3.26. The smallest absolute Gasteiger partial charge is 0.351 e. The van der Waals surface area contributed by atoms with Crippen LogP contribution in [0.3, 0.4) is 0 Å². The third-order valence-corrected chi connectivity index (χ3v) is 4.38. The highest BCUT2D eigenvalue weighted by Crippen LogP contribution is 2.42. The maximum absolute atomic E-state index is 13.6.